The van der Waals surface area contributed by atoms with Crippen molar-refractivity contribution >= 4 is 40.9 Å². The highest BCUT2D eigenvalue weighted by Crippen LogP contribution is 2.49. The number of anilines is 1. The van der Waals surface area contributed by atoms with Gasteiger partial charge in [-0.2, -0.15) is 0 Å². The van der Waals surface area contributed by atoms with E-state index in [-0.39, 0.29) is 31.2 Å². The third-order valence-corrected chi connectivity index (χ3v) is 8.24. The Bertz CT molecular complexity index is 1640. The molecular weight excluding hydrogens is 638 g/mol. The van der Waals surface area contributed by atoms with Gasteiger partial charge in [-0.25, -0.2) is 24.4 Å². The lowest BCUT2D eigenvalue weighted by Gasteiger charge is -2.35. The molecule has 3 aliphatic rings. The number of carbonyl (C=O) groups excluding carboxylic acids is 4. The highest BCUT2D eigenvalue weighted by Gasteiger charge is 2.61. The topological polar surface area (TPSA) is 209 Å². The van der Waals surface area contributed by atoms with Crippen molar-refractivity contribution in [2.75, 3.05) is 12.3 Å². The standard InChI is InChI=1S/C33H47N7O9/c1-16(41)38-19-11-10-17(12-20(19)39-29(43)48-31(2,3)4)28(42)45-14-21-25-26(47-33(8,9)46-25)24(40(21)30(44)49-32(5,6)7)18-13-35-23-22(18)36-15-37-27(23)34/h10,13,15,19-21,24-26,35H,11-12,14H2,1-9H3,(H,38,41)(H,39,43)(H2,34,36,37). The molecule has 16 heteroatoms. The van der Waals surface area contributed by atoms with E-state index in [1.807, 2.05) is 0 Å². The van der Waals surface area contributed by atoms with Crippen LogP contribution in [0.5, 0.6) is 0 Å². The first-order valence-electron chi connectivity index (χ1n) is 16.3. The molecule has 1 aliphatic carbocycles. The van der Waals surface area contributed by atoms with E-state index in [1.165, 1.54) is 18.2 Å². The van der Waals surface area contributed by atoms with E-state index in [0.717, 1.165) is 0 Å². The van der Waals surface area contributed by atoms with E-state index in [1.54, 1.807) is 67.7 Å². The molecule has 2 aromatic rings. The number of nitrogens with zero attached hydrogens (tertiary/aromatic N) is 3. The van der Waals surface area contributed by atoms with E-state index < -0.39 is 71.5 Å². The molecule has 6 atom stereocenters. The molecule has 3 amide bonds. The summed E-state index contributed by atoms with van der Waals surface area (Å²) >= 11 is 0. The van der Waals surface area contributed by atoms with Crippen LogP contribution in [0.4, 0.5) is 15.4 Å². The normalized spacial score (nSPS) is 26.5. The zero-order chi connectivity index (χ0) is 36.1. The molecule has 0 spiro atoms. The van der Waals surface area contributed by atoms with E-state index in [2.05, 4.69) is 25.6 Å². The molecule has 5 N–H and O–H groups in total. The molecule has 2 aliphatic heterocycles. The maximum absolute atomic E-state index is 14.0. The number of alkyl carbamates (subject to hydrolysis) is 1. The number of carbonyl (C=O) groups is 4. The lowest BCUT2D eigenvalue weighted by Crippen LogP contribution is -2.53. The van der Waals surface area contributed by atoms with Crippen molar-refractivity contribution in [2.24, 2.45) is 0 Å². The second-order valence-electron chi connectivity index (χ2n) is 15.0. The number of amides is 3. The summed E-state index contributed by atoms with van der Waals surface area (Å²) in [7, 11) is 0. The third-order valence-electron chi connectivity index (χ3n) is 8.24. The van der Waals surface area contributed by atoms with Crippen molar-refractivity contribution in [1.29, 1.82) is 0 Å². The number of rotatable bonds is 6. The van der Waals surface area contributed by atoms with Crippen LogP contribution in [-0.4, -0.2) is 97.8 Å². The number of ether oxygens (including phenoxy) is 5. The predicted octanol–water partition coefficient (Wildman–Crippen LogP) is 3.38. The average Bonchev–Trinajstić information content (AvgIpc) is 3.60. The Hall–Kier alpha value is -4.44. The third kappa shape index (κ3) is 8.07. The average molecular weight is 686 g/mol. The van der Waals surface area contributed by atoms with Crippen molar-refractivity contribution < 1.29 is 42.9 Å². The maximum atomic E-state index is 14.0. The zero-order valence-corrected chi connectivity index (χ0v) is 29.4. The molecule has 0 aromatic carbocycles. The summed E-state index contributed by atoms with van der Waals surface area (Å²) in [6, 6.07) is -2.70. The minimum absolute atomic E-state index is 0.0707. The molecule has 2 fully saturated rings. The number of aromatic amines is 1. The highest BCUT2D eigenvalue weighted by molar-refractivity contribution is 5.89. The fourth-order valence-electron chi connectivity index (χ4n) is 6.50. The molecule has 49 heavy (non-hydrogen) atoms. The second kappa shape index (κ2) is 13.1. The largest absolute Gasteiger partial charge is 0.460 e. The van der Waals surface area contributed by atoms with Crippen LogP contribution in [0, 0.1) is 0 Å². The van der Waals surface area contributed by atoms with Crippen molar-refractivity contribution in [3.05, 3.63) is 29.7 Å². The summed E-state index contributed by atoms with van der Waals surface area (Å²) < 4.78 is 29.9. The Morgan fingerprint density at radius 3 is 2.35 bits per heavy atom. The number of hydrogen-bond acceptors (Lipinski definition) is 12. The second-order valence-corrected chi connectivity index (χ2v) is 15.0. The lowest BCUT2D eigenvalue weighted by atomic mass is 9.90. The van der Waals surface area contributed by atoms with Crippen LogP contribution in [0.15, 0.2) is 24.2 Å². The fraction of sp³-hybridized carbons (Fsp3) is 0.636. The Morgan fingerprint density at radius 1 is 1.02 bits per heavy atom. The Labute approximate surface area is 284 Å². The van der Waals surface area contributed by atoms with Gasteiger partial charge in [-0.3, -0.25) is 9.69 Å². The van der Waals surface area contributed by atoms with Crippen LogP contribution in [0.3, 0.4) is 0 Å². The van der Waals surface area contributed by atoms with Gasteiger partial charge in [0.05, 0.1) is 29.7 Å². The molecule has 0 radical (unpaired) electrons. The summed E-state index contributed by atoms with van der Waals surface area (Å²) in [5, 5.41) is 5.61. The summed E-state index contributed by atoms with van der Waals surface area (Å²) in [6.45, 7) is 15.2. The first-order valence-corrected chi connectivity index (χ1v) is 16.3. The number of fused-ring (bicyclic) bond motifs is 2. The van der Waals surface area contributed by atoms with E-state index >= 15 is 0 Å². The molecule has 6 unspecified atom stereocenters. The zero-order valence-electron chi connectivity index (χ0n) is 29.4. The first kappa shape index (κ1) is 35.9. The number of hydrogen-bond donors (Lipinski definition) is 4. The SMILES string of the molecule is CC(=O)NC1CC=C(C(=O)OCC2C3OC(C)(C)OC3C(c3c[nH]c4c(N)ncnc34)N2C(=O)OC(C)(C)C)CC1NC(=O)OC(C)(C)C. The molecular formula is C33H47N7O9. The van der Waals surface area contributed by atoms with Crippen molar-refractivity contribution in [3.8, 4) is 0 Å². The summed E-state index contributed by atoms with van der Waals surface area (Å²) in [5.41, 5.74) is 6.43. The van der Waals surface area contributed by atoms with Gasteiger partial charge in [0.15, 0.2) is 11.6 Å². The van der Waals surface area contributed by atoms with Gasteiger partial charge in [0, 0.05) is 30.7 Å². The number of nitrogens with two attached hydrogens (primary N) is 1. The molecule has 4 heterocycles. The number of nitrogen functional groups attached to an aromatic ring is 1. The van der Waals surface area contributed by atoms with Gasteiger partial charge in [0.1, 0.15) is 41.9 Å². The molecule has 0 saturated carbocycles. The minimum atomic E-state index is -1.01. The number of likely N-dealkylation sites (tertiary alicyclic amines) is 1. The smallest absolute Gasteiger partial charge is 0.411 e. The van der Waals surface area contributed by atoms with Crippen LogP contribution >= 0.6 is 0 Å². The Kier molecular flexibility index (Phi) is 9.60. The highest BCUT2D eigenvalue weighted by atomic mass is 16.8. The van der Waals surface area contributed by atoms with Crippen molar-refractivity contribution in [2.45, 2.75) is 129 Å². The molecule has 2 aromatic heterocycles. The van der Waals surface area contributed by atoms with Gasteiger partial charge >= 0.3 is 18.2 Å². The van der Waals surface area contributed by atoms with Crippen LogP contribution < -0.4 is 16.4 Å². The van der Waals surface area contributed by atoms with E-state index in [0.29, 0.717) is 22.2 Å². The monoisotopic (exact) mass is 685 g/mol. The quantitative estimate of drug-likeness (QED) is 0.255. The molecule has 16 nitrogen and oxygen atoms in total. The van der Waals surface area contributed by atoms with E-state index in [4.69, 9.17) is 29.4 Å². The van der Waals surface area contributed by atoms with Gasteiger partial charge in [-0.15, -0.1) is 0 Å². The summed E-state index contributed by atoms with van der Waals surface area (Å²) in [4.78, 5) is 65.2. The predicted molar refractivity (Wildman–Crippen MR) is 176 cm³/mol. The Balaban J connectivity index is 1.42. The molecule has 0 bridgehead atoms. The van der Waals surface area contributed by atoms with Gasteiger partial charge < -0.3 is 45.0 Å². The van der Waals surface area contributed by atoms with Crippen molar-refractivity contribution in [3.63, 3.8) is 0 Å². The van der Waals surface area contributed by atoms with Gasteiger partial charge in [0.2, 0.25) is 5.91 Å². The number of aromatic nitrogens is 3. The molecule has 5 rings (SSSR count). The van der Waals surface area contributed by atoms with Gasteiger partial charge in [-0.05, 0) is 61.8 Å². The van der Waals surface area contributed by atoms with Crippen LogP contribution in [0.1, 0.15) is 86.8 Å². The minimum Gasteiger partial charge on any atom is -0.460 e. The van der Waals surface area contributed by atoms with Crippen LogP contribution in [0.25, 0.3) is 11.0 Å². The van der Waals surface area contributed by atoms with Crippen molar-refractivity contribution in [1.82, 2.24) is 30.5 Å². The van der Waals surface area contributed by atoms with Crippen LogP contribution in [-0.2, 0) is 33.3 Å². The first-order chi connectivity index (χ1) is 22.7. The van der Waals surface area contributed by atoms with Crippen LogP contribution in [0.2, 0.25) is 0 Å². The fourth-order valence-corrected chi connectivity index (χ4v) is 6.50. The summed E-state index contributed by atoms with van der Waals surface area (Å²) in [6.07, 6.45) is 2.32. The summed E-state index contributed by atoms with van der Waals surface area (Å²) in [5.74, 6) is -1.70. The van der Waals surface area contributed by atoms with Gasteiger partial charge in [0.25, 0.3) is 0 Å². The number of H-pyrrole nitrogens is 1. The Morgan fingerprint density at radius 2 is 1.69 bits per heavy atom. The van der Waals surface area contributed by atoms with Gasteiger partial charge in [-0.1, -0.05) is 6.08 Å². The number of nitrogens with one attached hydrogen (secondary N) is 3. The lowest BCUT2D eigenvalue weighted by molar-refractivity contribution is -0.171. The molecule has 268 valence electrons. The maximum Gasteiger partial charge on any atom is 0.411 e. The number of esters is 1. The van der Waals surface area contributed by atoms with E-state index in [9.17, 15) is 19.2 Å². The molecule has 2 saturated heterocycles.